The number of anilines is 1. The van der Waals surface area contributed by atoms with E-state index in [1.54, 1.807) is 35.0 Å². The molecule has 0 spiro atoms. The van der Waals surface area contributed by atoms with Gasteiger partial charge in [0.15, 0.2) is 5.82 Å². The highest BCUT2D eigenvalue weighted by Gasteiger charge is 2.17. The van der Waals surface area contributed by atoms with Crippen LogP contribution in [0.25, 0.3) is 22.9 Å². The molecule has 0 saturated heterocycles. The van der Waals surface area contributed by atoms with Crippen LogP contribution >= 0.6 is 0 Å². The number of aromatic nitrogens is 7. The standard InChI is InChI=1S/C24H19FN8O4.2H2/c1-14-11-32(24(36)29-23(14)35)13-21(34)27-20-6-8-26-22(28-20)18-10-19(17-7-9-37-31-17)33(30-18)12-15-4-2-3-5-16(15)25;;/h2-11H,12-13H2,1H3,(H,29,35,36)(H,26,27,28,34);2*1H. The monoisotopic (exact) mass is 506 g/mol. The third-order valence-corrected chi connectivity index (χ3v) is 5.41. The molecule has 1 amide bonds. The number of carbonyl (C=O) groups is 1. The summed E-state index contributed by atoms with van der Waals surface area (Å²) >= 11 is 0. The van der Waals surface area contributed by atoms with E-state index in [1.165, 1.54) is 37.7 Å². The number of H-pyrrole nitrogens is 1. The first-order valence-corrected chi connectivity index (χ1v) is 11.0. The van der Waals surface area contributed by atoms with Crippen molar-refractivity contribution < 1.29 is 16.6 Å². The smallest absolute Gasteiger partial charge is 0.328 e. The number of hydrogen-bond donors (Lipinski definition) is 2. The molecule has 0 bridgehead atoms. The molecule has 4 heterocycles. The van der Waals surface area contributed by atoms with Crippen LogP contribution in [0, 0.1) is 12.7 Å². The highest BCUT2D eigenvalue weighted by atomic mass is 19.1. The average Bonchev–Trinajstić information content (AvgIpc) is 3.54. The minimum atomic E-state index is -0.699. The van der Waals surface area contributed by atoms with Gasteiger partial charge in [-0.05, 0) is 25.1 Å². The van der Waals surface area contributed by atoms with Gasteiger partial charge in [-0.2, -0.15) is 5.10 Å². The zero-order valence-electron chi connectivity index (χ0n) is 19.4. The van der Waals surface area contributed by atoms with Crippen LogP contribution in [0.5, 0.6) is 0 Å². The number of amides is 1. The van der Waals surface area contributed by atoms with E-state index in [-0.39, 0.29) is 33.4 Å². The molecular weight excluding hydrogens is 483 g/mol. The van der Waals surface area contributed by atoms with Gasteiger partial charge in [0.2, 0.25) is 5.91 Å². The van der Waals surface area contributed by atoms with Crippen molar-refractivity contribution >= 4 is 11.7 Å². The van der Waals surface area contributed by atoms with E-state index in [9.17, 15) is 18.8 Å². The molecule has 190 valence electrons. The third-order valence-electron chi connectivity index (χ3n) is 5.41. The van der Waals surface area contributed by atoms with Crippen LogP contribution in [0.2, 0.25) is 0 Å². The fourth-order valence-corrected chi connectivity index (χ4v) is 3.61. The highest BCUT2D eigenvalue weighted by Crippen LogP contribution is 2.25. The number of nitrogens with one attached hydrogen (secondary N) is 2. The molecule has 12 nitrogen and oxygen atoms in total. The van der Waals surface area contributed by atoms with E-state index in [2.05, 4.69) is 30.5 Å². The Bertz CT molecular complexity index is 1720. The average molecular weight is 506 g/mol. The second-order valence-corrected chi connectivity index (χ2v) is 8.06. The molecule has 5 aromatic rings. The minimum absolute atomic E-state index is 0. The van der Waals surface area contributed by atoms with Gasteiger partial charge in [0.05, 0.1) is 12.2 Å². The third kappa shape index (κ3) is 5.10. The fraction of sp³-hybridized carbons (Fsp3) is 0.125. The van der Waals surface area contributed by atoms with E-state index >= 15 is 0 Å². The van der Waals surface area contributed by atoms with Crippen LogP contribution in [0.15, 0.2) is 75.2 Å². The fourth-order valence-electron chi connectivity index (χ4n) is 3.61. The first kappa shape index (κ1) is 23.5. The summed E-state index contributed by atoms with van der Waals surface area (Å²) in [5.41, 5.74) is 0.913. The summed E-state index contributed by atoms with van der Waals surface area (Å²) < 4.78 is 21.9. The molecule has 0 unspecified atom stereocenters. The topological polar surface area (TPSA) is 154 Å². The molecule has 0 fully saturated rings. The zero-order chi connectivity index (χ0) is 25.9. The number of aryl methyl sites for hydroxylation is 1. The quantitative estimate of drug-likeness (QED) is 0.341. The molecule has 0 radical (unpaired) electrons. The van der Waals surface area contributed by atoms with Gasteiger partial charge >= 0.3 is 5.69 Å². The summed E-state index contributed by atoms with van der Waals surface area (Å²) in [6.07, 6.45) is 4.16. The second-order valence-electron chi connectivity index (χ2n) is 8.06. The normalized spacial score (nSPS) is 11.0. The van der Waals surface area contributed by atoms with Gasteiger partial charge in [-0.1, -0.05) is 23.4 Å². The number of benzene rings is 1. The number of rotatable bonds is 7. The lowest BCUT2D eigenvalue weighted by molar-refractivity contribution is -0.116. The summed E-state index contributed by atoms with van der Waals surface area (Å²) in [5.74, 6) is -0.530. The summed E-state index contributed by atoms with van der Waals surface area (Å²) in [7, 11) is 0. The molecule has 0 aliphatic heterocycles. The molecule has 0 aliphatic rings. The maximum Gasteiger partial charge on any atom is 0.328 e. The van der Waals surface area contributed by atoms with E-state index in [1.807, 2.05) is 0 Å². The predicted octanol–water partition coefficient (Wildman–Crippen LogP) is 2.47. The molecule has 4 aromatic heterocycles. The molecule has 0 aliphatic carbocycles. The Morgan fingerprint density at radius 1 is 1.19 bits per heavy atom. The SMILES string of the molecule is Cc1cn(CC(=O)Nc2ccnc(-c3cc(-c4ccon4)n(Cc4ccccc4F)n3)n2)c(=O)[nH]c1=O.[HH].[HH]. The Morgan fingerprint density at radius 2 is 2.03 bits per heavy atom. The first-order chi connectivity index (χ1) is 17.9. The lowest BCUT2D eigenvalue weighted by Crippen LogP contribution is -2.34. The van der Waals surface area contributed by atoms with Crippen molar-refractivity contribution in [2.75, 3.05) is 5.32 Å². The van der Waals surface area contributed by atoms with Gasteiger partial charge in [-0.25, -0.2) is 19.2 Å². The Morgan fingerprint density at radius 3 is 2.81 bits per heavy atom. The molecule has 0 saturated carbocycles. The van der Waals surface area contributed by atoms with Crippen molar-refractivity contribution in [3.63, 3.8) is 0 Å². The van der Waals surface area contributed by atoms with Gasteiger partial charge in [0.25, 0.3) is 5.56 Å². The molecule has 13 heteroatoms. The zero-order valence-corrected chi connectivity index (χ0v) is 19.4. The van der Waals surface area contributed by atoms with Gasteiger partial charge in [-0.15, -0.1) is 0 Å². The lowest BCUT2D eigenvalue weighted by Gasteiger charge is -2.08. The van der Waals surface area contributed by atoms with Crippen LogP contribution in [-0.4, -0.2) is 40.4 Å². The molecule has 1 aromatic carbocycles. The Labute approximate surface area is 210 Å². The first-order valence-electron chi connectivity index (χ1n) is 11.0. The Kier molecular flexibility index (Phi) is 6.24. The largest absolute Gasteiger partial charge is 0.364 e. The van der Waals surface area contributed by atoms with Crippen LogP contribution < -0.4 is 16.6 Å². The number of halogens is 1. The van der Waals surface area contributed by atoms with Crippen LogP contribution in [0.4, 0.5) is 10.2 Å². The maximum absolute atomic E-state index is 14.3. The summed E-state index contributed by atoms with van der Waals surface area (Å²) in [4.78, 5) is 46.8. The molecule has 0 atom stereocenters. The summed E-state index contributed by atoms with van der Waals surface area (Å²) in [5, 5.41) is 11.1. The number of nitrogens with zero attached hydrogens (tertiary/aromatic N) is 6. The van der Waals surface area contributed by atoms with Crippen molar-refractivity contribution in [3.05, 3.63) is 98.9 Å². The number of hydrogen-bond acceptors (Lipinski definition) is 8. The maximum atomic E-state index is 14.3. The van der Waals surface area contributed by atoms with Gasteiger partial charge in [-0.3, -0.25) is 23.8 Å². The van der Waals surface area contributed by atoms with Crippen LogP contribution in [0.3, 0.4) is 0 Å². The van der Waals surface area contributed by atoms with Gasteiger partial charge in [0, 0.05) is 32.4 Å². The summed E-state index contributed by atoms with van der Waals surface area (Å²) in [6.45, 7) is 1.32. The lowest BCUT2D eigenvalue weighted by atomic mass is 10.2. The molecular formula is C24H23FN8O4. The summed E-state index contributed by atoms with van der Waals surface area (Å²) in [6, 6.07) is 11.2. The molecule has 5 rings (SSSR count). The predicted molar refractivity (Wildman–Crippen MR) is 133 cm³/mol. The van der Waals surface area contributed by atoms with E-state index in [4.69, 9.17) is 4.52 Å². The van der Waals surface area contributed by atoms with Crippen molar-refractivity contribution in [2.24, 2.45) is 0 Å². The van der Waals surface area contributed by atoms with Gasteiger partial charge < -0.3 is 9.84 Å². The van der Waals surface area contributed by atoms with E-state index in [0.717, 1.165) is 4.57 Å². The van der Waals surface area contributed by atoms with Crippen LogP contribution in [0.1, 0.15) is 14.0 Å². The Hall–Kier alpha value is -5.20. The second kappa shape index (κ2) is 9.81. The molecule has 37 heavy (non-hydrogen) atoms. The number of carbonyl (C=O) groups excluding carboxylic acids is 1. The minimum Gasteiger partial charge on any atom is -0.364 e. The Balaban J connectivity index is 0.00000210. The van der Waals surface area contributed by atoms with E-state index < -0.39 is 17.2 Å². The van der Waals surface area contributed by atoms with Crippen molar-refractivity contribution in [1.82, 2.24) is 34.5 Å². The van der Waals surface area contributed by atoms with Crippen molar-refractivity contribution in [2.45, 2.75) is 20.0 Å². The van der Waals surface area contributed by atoms with E-state index in [0.29, 0.717) is 28.2 Å². The highest BCUT2D eigenvalue weighted by molar-refractivity contribution is 5.89. The van der Waals surface area contributed by atoms with Crippen molar-refractivity contribution in [3.8, 4) is 22.9 Å². The van der Waals surface area contributed by atoms with Crippen molar-refractivity contribution in [1.29, 1.82) is 0 Å². The van der Waals surface area contributed by atoms with Gasteiger partial charge in [0.1, 0.15) is 35.8 Å². The van der Waals surface area contributed by atoms with Crippen LogP contribution in [-0.2, 0) is 17.9 Å². The number of aromatic amines is 1. The molecule has 2 N–H and O–H groups in total.